The van der Waals surface area contributed by atoms with Gasteiger partial charge in [-0.25, -0.2) is 0 Å². The van der Waals surface area contributed by atoms with E-state index in [1.165, 1.54) is 0 Å². The van der Waals surface area contributed by atoms with Crippen LogP contribution in [0.3, 0.4) is 0 Å². The van der Waals surface area contributed by atoms with E-state index in [2.05, 4.69) is 21.1 Å². The van der Waals surface area contributed by atoms with Crippen LogP contribution in [0.15, 0.2) is 52.1 Å². The first-order chi connectivity index (χ1) is 9.10. The van der Waals surface area contributed by atoms with Gasteiger partial charge in [0.2, 0.25) is 0 Å². The standard InChI is InChI=1S/C13H10BrClN2O2/c14-11-6-8(13(16)17-18)4-5-12(11)19-10-3-1-2-9(15)7-10/h1-7,18H,(H2,16,17). The summed E-state index contributed by atoms with van der Waals surface area (Å²) in [4.78, 5) is 0. The zero-order valence-electron chi connectivity index (χ0n) is 9.68. The van der Waals surface area contributed by atoms with E-state index in [9.17, 15) is 0 Å². The second-order valence-corrected chi connectivity index (χ2v) is 4.98. The van der Waals surface area contributed by atoms with E-state index >= 15 is 0 Å². The Hall–Kier alpha value is -1.72. The number of rotatable bonds is 3. The second-order valence-electron chi connectivity index (χ2n) is 3.69. The zero-order chi connectivity index (χ0) is 13.8. The minimum atomic E-state index is 0.0370. The molecule has 3 N–H and O–H groups in total. The number of hydrogen-bond acceptors (Lipinski definition) is 3. The number of halogens is 2. The van der Waals surface area contributed by atoms with Crippen molar-refractivity contribution in [2.45, 2.75) is 0 Å². The van der Waals surface area contributed by atoms with Gasteiger partial charge in [-0.1, -0.05) is 22.8 Å². The highest BCUT2D eigenvalue weighted by Gasteiger charge is 2.07. The van der Waals surface area contributed by atoms with Crippen molar-refractivity contribution in [1.29, 1.82) is 0 Å². The molecular formula is C13H10BrClN2O2. The molecule has 19 heavy (non-hydrogen) atoms. The van der Waals surface area contributed by atoms with Crippen molar-refractivity contribution < 1.29 is 9.94 Å². The lowest BCUT2D eigenvalue weighted by molar-refractivity contribution is 0.318. The topological polar surface area (TPSA) is 67.8 Å². The van der Waals surface area contributed by atoms with Crippen molar-refractivity contribution in [3.63, 3.8) is 0 Å². The van der Waals surface area contributed by atoms with E-state index in [0.717, 1.165) is 0 Å². The first kappa shape index (κ1) is 13.7. The van der Waals surface area contributed by atoms with Crippen LogP contribution in [-0.2, 0) is 0 Å². The van der Waals surface area contributed by atoms with Crippen LogP contribution in [0, 0.1) is 0 Å². The molecular weight excluding hydrogens is 332 g/mol. The number of benzene rings is 2. The molecule has 0 radical (unpaired) electrons. The Morgan fingerprint density at radius 3 is 2.68 bits per heavy atom. The molecule has 0 aliphatic heterocycles. The molecule has 0 aliphatic rings. The quantitative estimate of drug-likeness (QED) is 0.384. The maximum Gasteiger partial charge on any atom is 0.170 e. The van der Waals surface area contributed by atoms with Crippen molar-refractivity contribution >= 4 is 33.4 Å². The molecule has 0 bridgehead atoms. The molecule has 0 heterocycles. The molecule has 0 saturated carbocycles. The third kappa shape index (κ3) is 3.39. The normalized spacial score (nSPS) is 11.4. The Balaban J connectivity index is 2.27. The van der Waals surface area contributed by atoms with E-state index in [1.54, 1.807) is 42.5 Å². The summed E-state index contributed by atoms with van der Waals surface area (Å²) in [5.74, 6) is 1.27. The second kappa shape index (κ2) is 5.95. The van der Waals surface area contributed by atoms with Crippen LogP contribution in [0.2, 0.25) is 5.02 Å². The molecule has 0 fully saturated rings. The fraction of sp³-hybridized carbons (Fsp3) is 0. The maximum atomic E-state index is 8.62. The highest BCUT2D eigenvalue weighted by atomic mass is 79.9. The molecule has 6 heteroatoms. The molecule has 2 aromatic carbocycles. The molecule has 0 amide bonds. The van der Waals surface area contributed by atoms with Gasteiger partial charge >= 0.3 is 0 Å². The number of nitrogens with two attached hydrogens (primary N) is 1. The molecule has 98 valence electrons. The summed E-state index contributed by atoms with van der Waals surface area (Å²) in [6.07, 6.45) is 0. The fourth-order valence-corrected chi connectivity index (χ4v) is 2.10. The third-order valence-electron chi connectivity index (χ3n) is 2.36. The van der Waals surface area contributed by atoms with Crippen LogP contribution >= 0.6 is 27.5 Å². The van der Waals surface area contributed by atoms with E-state index in [-0.39, 0.29) is 5.84 Å². The first-order valence-electron chi connectivity index (χ1n) is 5.31. The van der Waals surface area contributed by atoms with E-state index in [4.69, 9.17) is 27.3 Å². The Kier molecular flexibility index (Phi) is 4.29. The highest BCUT2D eigenvalue weighted by Crippen LogP contribution is 2.31. The first-order valence-corrected chi connectivity index (χ1v) is 6.48. The predicted octanol–water partition coefficient (Wildman–Crippen LogP) is 3.99. The Labute approximate surface area is 123 Å². The zero-order valence-corrected chi connectivity index (χ0v) is 12.0. The Morgan fingerprint density at radius 2 is 2.05 bits per heavy atom. The van der Waals surface area contributed by atoms with Crippen molar-refractivity contribution in [2.24, 2.45) is 10.9 Å². The summed E-state index contributed by atoms with van der Waals surface area (Å²) in [6.45, 7) is 0. The predicted molar refractivity (Wildman–Crippen MR) is 78.2 cm³/mol. The molecule has 0 atom stereocenters. The van der Waals surface area contributed by atoms with Crippen LogP contribution in [0.1, 0.15) is 5.56 Å². The number of ether oxygens (including phenoxy) is 1. The van der Waals surface area contributed by atoms with Gasteiger partial charge in [0, 0.05) is 10.6 Å². The summed E-state index contributed by atoms with van der Waals surface area (Å²) in [5, 5.41) is 12.2. The monoisotopic (exact) mass is 340 g/mol. The van der Waals surface area contributed by atoms with Gasteiger partial charge in [0.1, 0.15) is 11.5 Å². The van der Waals surface area contributed by atoms with Gasteiger partial charge in [0.15, 0.2) is 5.84 Å². The van der Waals surface area contributed by atoms with Crippen molar-refractivity contribution in [3.8, 4) is 11.5 Å². The van der Waals surface area contributed by atoms with Crippen molar-refractivity contribution in [1.82, 2.24) is 0 Å². The van der Waals surface area contributed by atoms with Gasteiger partial charge in [-0.05, 0) is 52.3 Å². The van der Waals surface area contributed by atoms with Gasteiger partial charge in [-0.3, -0.25) is 0 Å². The number of hydrogen-bond donors (Lipinski definition) is 2. The van der Waals surface area contributed by atoms with Crippen molar-refractivity contribution in [2.75, 3.05) is 0 Å². The average Bonchev–Trinajstić information content (AvgIpc) is 2.40. The summed E-state index contributed by atoms with van der Waals surface area (Å²) in [6, 6.07) is 12.2. The molecule has 0 saturated heterocycles. The molecule has 0 aliphatic carbocycles. The number of amidine groups is 1. The third-order valence-corrected chi connectivity index (χ3v) is 3.21. The minimum absolute atomic E-state index is 0.0370. The SMILES string of the molecule is N/C(=N/O)c1ccc(Oc2cccc(Cl)c2)c(Br)c1. The maximum absolute atomic E-state index is 8.62. The molecule has 2 rings (SSSR count). The molecule has 2 aromatic rings. The Morgan fingerprint density at radius 1 is 1.26 bits per heavy atom. The van der Waals surface area contributed by atoms with Crippen LogP contribution < -0.4 is 10.5 Å². The lowest BCUT2D eigenvalue weighted by Gasteiger charge is -2.09. The minimum Gasteiger partial charge on any atom is -0.456 e. The summed E-state index contributed by atoms with van der Waals surface area (Å²) in [5.41, 5.74) is 6.10. The van der Waals surface area contributed by atoms with Gasteiger partial charge in [0.25, 0.3) is 0 Å². The summed E-state index contributed by atoms with van der Waals surface area (Å²) in [7, 11) is 0. The van der Waals surface area contributed by atoms with E-state index in [1.807, 2.05) is 0 Å². The fourth-order valence-electron chi connectivity index (χ4n) is 1.46. The lowest BCUT2D eigenvalue weighted by atomic mass is 10.2. The number of nitrogens with zero attached hydrogens (tertiary/aromatic N) is 1. The molecule has 0 unspecified atom stereocenters. The van der Waals surface area contributed by atoms with Gasteiger partial charge in [-0.15, -0.1) is 0 Å². The van der Waals surface area contributed by atoms with Crippen LogP contribution in [0.4, 0.5) is 0 Å². The summed E-state index contributed by atoms with van der Waals surface area (Å²) >= 11 is 9.26. The van der Waals surface area contributed by atoms with E-state index in [0.29, 0.717) is 26.6 Å². The lowest BCUT2D eigenvalue weighted by Crippen LogP contribution is -2.12. The van der Waals surface area contributed by atoms with Crippen LogP contribution in [0.5, 0.6) is 11.5 Å². The number of oxime groups is 1. The van der Waals surface area contributed by atoms with E-state index < -0.39 is 0 Å². The van der Waals surface area contributed by atoms with Crippen LogP contribution in [0.25, 0.3) is 0 Å². The van der Waals surface area contributed by atoms with Gasteiger partial charge in [-0.2, -0.15) is 0 Å². The summed E-state index contributed by atoms with van der Waals surface area (Å²) < 4.78 is 6.38. The van der Waals surface area contributed by atoms with Crippen molar-refractivity contribution in [3.05, 3.63) is 57.5 Å². The molecule has 0 aromatic heterocycles. The average molecular weight is 342 g/mol. The van der Waals surface area contributed by atoms with Gasteiger partial charge < -0.3 is 15.7 Å². The van der Waals surface area contributed by atoms with Crippen LogP contribution in [-0.4, -0.2) is 11.0 Å². The molecule has 0 spiro atoms. The highest BCUT2D eigenvalue weighted by molar-refractivity contribution is 9.10. The largest absolute Gasteiger partial charge is 0.456 e. The molecule has 4 nitrogen and oxygen atoms in total. The van der Waals surface area contributed by atoms with Gasteiger partial charge in [0.05, 0.1) is 4.47 Å². The smallest absolute Gasteiger partial charge is 0.170 e. The Bertz CT molecular complexity index is 632.